The second-order valence-electron chi connectivity index (χ2n) is 1.04. The first-order valence-corrected chi connectivity index (χ1v) is 2.04. The number of hydrogen-bond donors (Lipinski definition) is 0. The molecule has 0 aromatic rings. The first kappa shape index (κ1) is 5.58. The van der Waals surface area contributed by atoms with Crippen LogP contribution in [0.3, 0.4) is 0 Å². The number of rotatable bonds is 1. The van der Waals surface area contributed by atoms with Gasteiger partial charge in [0.2, 0.25) is 0 Å². The van der Waals surface area contributed by atoms with Crippen molar-refractivity contribution in [2.75, 3.05) is 0 Å². The van der Waals surface area contributed by atoms with Crippen LogP contribution in [0.4, 0.5) is 0 Å². The zero-order valence-electron chi connectivity index (χ0n) is 3.56. The van der Waals surface area contributed by atoms with Gasteiger partial charge in [-0.05, 0) is 6.92 Å². The van der Waals surface area contributed by atoms with Crippen molar-refractivity contribution in [3.8, 4) is 6.07 Å². The molecular weight excluding hydrogens is 94.1 g/mol. The molecule has 32 valence electrons. The van der Waals surface area contributed by atoms with Gasteiger partial charge in [-0.25, -0.2) is 0 Å². The van der Waals surface area contributed by atoms with Crippen LogP contribution in [0, 0.1) is 11.3 Å². The summed E-state index contributed by atoms with van der Waals surface area (Å²) in [5.41, 5.74) is 0. The van der Waals surface area contributed by atoms with Crippen LogP contribution in [0.2, 0.25) is 0 Å². The number of nitrogens with zero attached hydrogens (tertiary/aromatic N) is 1. The van der Waals surface area contributed by atoms with E-state index in [4.69, 9.17) is 5.26 Å². The highest BCUT2D eigenvalue weighted by molar-refractivity contribution is 7.80. The maximum atomic E-state index is 7.90. The van der Waals surface area contributed by atoms with E-state index in [1.807, 2.05) is 6.07 Å². The Hall–Kier alpha value is -0.420. The van der Waals surface area contributed by atoms with E-state index in [9.17, 15) is 0 Å². The molecule has 0 radical (unpaired) electrons. The van der Waals surface area contributed by atoms with Crippen molar-refractivity contribution in [1.29, 1.82) is 5.26 Å². The SMILES string of the molecule is CC(=S)CC#N. The third-order valence-corrected chi connectivity index (χ3v) is 0.472. The fourth-order valence-corrected chi connectivity index (χ4v) is 0.176. The molecule has 0 aliphatic carbocycles. The molecule has 0 heterocycles. The lowest BCUT2D eigenvalue weighted by molar-refractivity contribution is 1.41. The van der Waals surface area contributed by atoms with Crippen molar-refractivity contribution in [2.45, 2.75) is 13.3 Å². The van der Waals surface area contributed by atoms with E-state index in [-0.39, 0.29) is 0 Å². The van der Waals surface area contributed by atoms with Gasteiger partial charge in [-0.15, -0.1) is 0 Å². The van der Waals surface area contributed by atoms with E-state index in [0.29, 0.717) is 6.42 Å². The number of nitriles is 1. The van der Waals surface area contributed by atoms with Crippen molar-refractivity contribution in [1.82, 2.24) is 0 Å². The number of hydrogen-bond acceptors (Lipinski definition) is 2. The molecule has 0 fully saturated rings. The van der Waals surface area contributed by atoms with Crippen molar-refractivity contribution >= 4 is 17.1 Å². The van der Waals surface area contributed by atoms with Crippen LogP contribution in [-0.4, -0.2) is 4.86 Å². The Morgan fingerprint density at radius 2 is 2.50 bits per heavy atom. The molecular formula is C4H5NS. The van der Waals surface area contributed by atoms with Crippen LogP contribution in [0.5, 0.6) is 0 Å². The third kappa shape index (κ3) is 3.58. The summed E-state index contributed by atoms with van der Waals surface area (Å²) in [5, 5.41) is 7.90. The van der Waals surface area contributed by atoms with Crippen LogP contribution < -0.4 is 0 Å². The quantitative estimate of drug-likeness (QED) is 0.462. The van der Waals surface area contributed by atoms with Crippen LogP contribution in [0.15, 0.2) is 0 Å². The minimum absolute atomic E-state index is 0.412. The summed E-state index contributed by atoms with van der Waals surface area (Å²) in [5.74, 6) is 0. The van der Waals surface area contributed by atoms with Crippen molar-refractivity contribution in [3.63, 3.8) is 0 Å². The fraction of sp³-hybridized carbons (Fsp3) is 0.500. The third-order valence-electron chi connectivity index (χ3n) is 0.328. The molecule has 0 saturated carbocycles. The van der Waals surface area contributed by atoms with Gasteiger partial charge in [-0.2, -0.15) is 5.26 Å². The first-order valence-electron chi connectivity index (χ1n) is 1.63. The predicted octanol–water partition coefficient (Wildman–Crippen LogP) is 1.29. The summed E-state index contributed by atoms with van der Waals surface area (Å²) < 4.78 is 0. The second kappa shape index (κ2) is 2.80. The van der Waals surface area contributed by atoms with E-state index in [2.05, 4.69) is 12.2 Å². The van der Waals surface area contributed by atoms with Gasteiger partial charge >= 0.3 is 0 Å². The smallest absolute Gasteiger partial charge is 0.0675 e. The Bertz CT molecular complexity index is 90.2. The molecule has 0 aliphatic rings. The summed E-state index contributed by atoms with van der Waals surface area (Å²) in [6, 6.07) is 1.93. The van der Waals surface area contributed by atoms with E-state index in [0.717, 1.165) is 4.86 Å². The van der Waals surface area contributed by atoms with Gasteiger partial charge in [0, 0.05) is 4.86 Å². The molecule has 0 aromatic heterocycles. The Morgan fingerprint density at radius 3 is 2.50 bits per heavy atom. The maximum absolute atomic E-state index is 7.90. The summed E-state index contributed by atoms with van der Waals surface area (Å²) >= 11 is 4.57. The monoisotopic (exact) mass is 99.0 g/mol. The molecule has 0 atom stereocenters. The van der Waals surface area contributed by atoms with Crippen LogP contribution in [0.1, 0.15) is 13.3 Å². The lowest BCUT2D eigenvalue weighted by atomic mass is 10.4. The standard InChI is InChI=1S/C4H5NS/c1-4(6)2-3-5/h2H2,1H3. The maximum Gasteiger partial charge on any atom is 0.0675 e. The molecule has 0 unspecified atom stereocenters. The van der Waals surface area contributed by atoms with Gasteiger partial charge in [0.25, 0.3) is 0 Å². The lowest BCUT2D eigenvalue weighted by Crippen LogP contribution is -1.78. The summed E-state index contributed by atoms with van der Waals surface area (Å²) in [4.78, 5) is 0.762. The van der Waals surface area contributed by atoms with E-state index in [1.165, 1.54) is 0 Å². The van der Waals surface area contributed by atoms with E-state index >= 15 is 0 Å². The average molecular weight is 99.2 g/mol. The summed E-state index contributed by atoms with van der Waals surface area (Å²) in [7, 11) is 0. The fourth-order valence-electron chi connectivity index (χ4n) is 0.111. The van der Waals surface area contributed by atoms with E-state index in [1.54, 1.807) is 6.92 Å². The Morgan fingerprint density at radius 1 is 2.00 bits per heavy atom. The predicted molar refractivity (Wildman–Crippen MR) is 28.5 cm³/mol. The van der Waals surface area contributed by atoms with Crippen LogP contribution >= 0.6 is 12.2 Å². The topological polar surface area (TPSA) is 23.8 Å². The number of thiocarbonyl (C=S) groups is 1. The highest BCUT2D eigenvalue weighted by Crippen LogP contribution is 1.78. The zero-order valence-corrected chi connectivity index (χ0v) is 4.38. The highest BCUT2D eigenvalue weighted by atomic mass is 32.1. The van der Waals surface area contributed by atoms with Crippen molar-refractivity contribution in [2.24, 2.45) is 0 Å². The second-order valence-corrected chi connectivity index (χ2v) is 1.73. The lowest BCUT2D eigenvalue weighted by Gasteiger charge is -1.74. The largest absolute Gasteiger partial charge is 0.198 e. The van der Waals surface area contributed by atoms with Crippen molar-refractivity contribution < 1.29 is 0 Å². The minimum Gasteiger partial charge on any atom is -0.198 e. The Kier molecular flexibility index (Phi) is 2.60. The zero-order chi connectivity index (χ0) is 4.99. The van der Waals surface area contributed by atoms with Gasteiger partial charge in [0.05, 0.1) is 12.5 Å². The molecule has 0 bridgehead atoms. The molecule has 0 aromatic carbocycles. The molecule has 0 amide bonds. The molecule has 6 heavy (non-hydrogen) atoms. The van der Waals surface area contributed by atoms with Crippen LogP contribution in [0.25, 0.3) is 0 Å². The van der Waals surface area contributed by atoms with E-state index < -0.39 is 0 Å². The summed E-state index contributed by atoms with van der Waals surface area (Å²) in [6.07, 6.45) is 0.412. The Balaban J connectivity index is 3.13. The summed E-state index contributed by atoms with van der Waals surface area (Å²) in [6.45, 7) is 1.76. The van der Waals surface area contributed by atoms with Gasteiger partial charge in [-0.3, -0.25) is 0 Å². The molecule has 0 N–H and O–H groups in total. The highest BCUT2D eigenvalue weighted by Gasteiger charge is 1.78. The van der Waals surface area contributed by atoms with Gasteiger partial charge in [-0.1, -0.05) is 12.2 Å². The van der Waals surface area contributed by atoms with Crippen LogP contribution in [-0.2, 0) is 0 Å². The molecule has 1 nitrogen and oxygen atoms in total. The van der Waals surface area contributed by atoms with Crippen molar-refractivity contribution in [3.05, 3.63) is 0 Å². The van der Waals surface area contributed by atoms with Gasteiger partial charge in [0.1, 0.15) is 0 Å². The molecule has 2 heteroatoms. The molecule has 0 aliphatic heterocycles. The first-order chi connectivity index (χ1) is 2.77. The van der Waals surface area contributed by atoms with Gasteiger partial charge in [0.15, 0.2) is 0 Å². The molecule has 0 rings (SSSR count). The molecule has 0 spiro atoms. The molecule has 0 saturated heterocycles. The van der Waals surface area contributed by atoms with Gasteiger partial charge < -0.3 is 0 Å². The normalized spacial score (nSPS) is 6.67. The average Bonchev–Trinajstić information content (AvgIpc) is 1.35. The Labute approximate surface area is 42.6 Å². The minimum atomic E-state index is 0.412.